The normalized spacial score (nSPS) is 10.4. The summed E-state index contributed by atoms with van der Waals surface area (Å²) in [6.45, 7) is 0. The van der Waals surface area contributed by atoms with Crippen molar-refractivity contribution < 1.29 is 14.3 Å². The van der Waals surface area contributed by atoms with Crippen molar-refractivity contribution in [2.45, 2.75) is 0 Å². The molecule has 1 aromatic rings. The monoisotopic (exact) mass is 273 g/mol. The molecule has 0 saturated heterocycles. The number of amides is 1. The molecule has 0 aliphatic carbocycles. The quantitative estimate of drug-likeness (QED) is 0.509. The van der Waals surface area contributed by atoms with Crippen molar-refractivity contribution >= 4 is 17.6 Å². The fourth-order valence-electron chi connectivity index (χ4n) is 1.43. The molecule has 104 valence electrons. The summed E-state index contributed by atoms with van der Waals surface area (Å²) in [5.74, 6) is -0.922. The number of hydrogen-bond donors (Lipinski definition) is 1. The van der Waals surface area contributed by atoms with E-state index in [9.17, 15) is 9.59 Å². The van der Waals surface area contributed by atoms with E-state index in [-0.39, 0.29) is 5.57 Å². The Labute approximate surface area is 117 Å². The van der Waals surface area contributed by atoms with Crippen LogP contribution in [0.25, 0.3) is 0 Å². The van der Waals surface area contributed by atoms with E-state index in [1.807, 2.05) is 6.07 Å². The lowest BCUT2D eigenvalue weighted by Crippen LogP contribution is -2.23. The SMILES string of the molecule is COC(=O)c1ccccc1NC=C(C#N)C(=O)N(C)C. The van der Waals surface area contributed by atoms with Gasteiger partial charge in [0.15, 0.2) is 0 Å². The maximum Gasteiger partial charge on any atom is 0.339 e. The van der Waals surface area contributed by atoms with Crippen molar-refractivity contribution in [3.05, 3.63) is 41.6 Å². The molecule has 0 bridgehead atoms. The predicted molar refractivity (Wildman–Crippen MR) is 73.8 cm³/mol. The Kier molecular flexibility index (Phi) is 5.30. The van der Waals surface area contributed by atoms with Crippen LogP contribution in [0, 0.1) is 11.3 Å². The number of nitriles is 1. The fourth-order valence-corrected chi connectivity index (χ4v) is 1.43. The molecule has 0 heterocycles. The lowest BCUT2D eigenvalue weighted by atomic mass is 10.2. The Morgan fingerprint density at radius 2 is 2.00 bits per heavy atom. The van der Waals surface area contributed by atoms with Crippen LogP contribution < -0.4 is 5.32 Å². The Balaban J connectivity index is 3.02. The Bertz CT molecular complexity index is 586. The van der Waals surface area contributed by atoms with E-state index in [0.29, 0.717) is 11.3 Å². The summed E-state index contributed by atoms with van der Waals surface area (Å²) < 4.78 is 4.66. The highest BCUT2D eigenvalue weighted by molar-refractivity contribution is 5.98. The average Bonchev–Trinajstić information content (AvgIpc) is 2.47. The Hall–Kier alpha value is -2.81. The van der Waals surface area contributed by atoms with Crippen LogP contribution in [-0.4, -0.2) is 38.0 Å². The number of nitrogens with one attached hydrogen (secondary N) is 1. The van der Waals surface area contributed by atoms with Crippen molar-refractivity contribution in [3.8, 4) is 6.07 Å². The third-order valence-electron chi connectivity index (χ3n) is 2.46. The number of anilines is 1. The molecule has 1 N–H and O–H groups in total. The molecular formula is C14H15N3O3. The zero-order valence-corrected chi connectivity index (χ0v) is 11.5. The number of likely N-dealkylation sites (N-methyl/N-ethyl adjacent to an activating group) is 1. The summed E-state index contributed by atoms with van der Waals surface area (Å²) in [5.41, 5.74) is 0.717. The molecule has 20 heavy (non-hydrogen) atoms. The molecule has 0 radical (unpaired) electrons. The van der Waals surface area contributed by atoms with Gasteiger partial charge in [-0.05, 0) is 12.1 Å². The third-order valence-corrected chi connectivity index (χ3v) is 2.46. The summed E-state index contributed by atoms with van der Waals surface area (Å²) >= 11 is 0. The smallest absolute Gasteiger partial charge is 0.339 e. The Morgan fingerprint density at radius 1 is 1.35 bits per heavy atom. The first-order valence-corrected chi connectivity index (χ1v) is 5.77. The molecule has 1 amide bonds. The average molecular weight is 273 g/mol. The molecule has 6 nitrogen and oxygen atoms in total. The summed E-state index contributed by atoms with van der Waals surface area (Å²) in [6, 6.07) is 8.46. The first-order chi connectivity index (χ1) is 9.51. The van der Waals surface area contributed by atoms with Gasteiger partial charge >= 0.3 is 5.97 Å². The van der Waals surface area contributed by atoms with Gasteiger partial charge in [-0.3, -0.25) is 4.79 Å². The minimum atomic E-state index is -0.501. The predicted octanol–water partition coefficient (Wildman–Crippen LogP) is 1.38. The number of para-hydroxylation sites is 1. The highest BCUT2D eigenvalue weighted by Crippen LogP contribution is 2.16. The Morgan fingerprint density at radius 3 is 2.55 bits per heavy atom. The first kappa shape index (κ1) is 15.2. The number of nitrogens with zero attached hydrogens (tertiary/aromatic N) is 2. The largest absolute Gasteiger partial charge is 0.465 e. The maximum absolute atomic E-state index is 11.7. The van der Waals surface area contributed by atoms with Gasteiger partial charge in [0.25, 0.3) is 5.91 Å². The van der Waals surface area contributed by atoms with E-state index in [1.54, 1.807) is 38.4 Å². The van der Waals surface area contributed by atoms with Gasteiger partial charge in [-0.15, -0.1) is 0 Å². The molecule has 6 heteroatoms. The molecule has 0 spiro atoms. The van der Waals surface area contributed by atoms with Gasteiger partial charge in [0, 0.05) is 20.3 Å². The second-order valence-electron chi connectivity index (χ2n) is 4.05. The van der Waals surface area contributed by atoms with Crippen molar-refractivity contribution in [1.82, 2.24) is 4.90 Å². The van der Waals surface area contributed by atoms with Crippen LogP contribution in [-0.2, 0) is 9.53 Å². The molecule has 0 saturated carbocycles. The van der Waals surface area contributed by atoms with Gasteiger partial charge in [0.1, 0.15) is 11.6 Å². The molecular weight excluding hydrogens is 258 g/mol. The van der Waals surface area contributed by atoms with Crippen LogP contribution in [0.1, 0.15) is 10.4 Å². The minimum absolute atomic E-state index is 0.0605. The fraction of sp³-hybridized carbons (Fsp3) is 0.214. The van der Waals surface area contributed by atoms with Crippen molar-refractivity contribution in [1.29, 1.82) is 5.26 Å². The second-order valence-corrected chi connectivity index (χ2v) is 4.05. The van der Waals surface area contributed by atoms with Gasteiger partial charge in [-0.2, -0.15) is 5.26 Å². The molecule has 0 aromatic heterocycles. The molecule has 0 fully saturated rings. The molecule has 0 aliphatic rings. The highest BCUT2D eigenvalue weighted by atomic mass is 16.5. The summed E-state index contributed by atoms with van der Waals surface area (Å²) in [4.78, 5) is 24.5. The maximum atomic E-state index is 11.7. The highest BCUT2D eigenvalue weighted by Gasteiger charge is 2.13. The van der Waals surface area contributed by atoms with Crippen molar-refractivity contribution in [2.24, 2.45) is 0 Å². The number of methoxy groups -OCH3 is 1. The third kappa shape index (κ3) is 3.59. The number of benzene rings is 1. The van der Waals surface area contributed by atoms with E-state index in [1.165, 1.54) is 18.2 Å². The molecule has 0 unspecified atom stereocenters. The summed E-state index contributed by atoms with van der Waals surface area (Å²) in [6.07, 6.45) is 1.27. The number of carbonyl (C=O) groups is 2. The zero-order chi connectivity index (χ0) is 15.1. The van der Waals surface area contributed by atoms with Crippen LogP contribution in [0.3, 0.4) is 0 Å². The van der Waals surface area contributed by atoms with E-state index in [0.717, 1.165) is 0 Å². The van der Waals surface area contributed by atoms with Crippen LogP contribution in [0.15, 0.2) is 36.0 Å². The first-order valence-electron chi connectivity index (χ1n) is 5.77. The number of esters is 1. The van der Waals surface area contributed by atoms with Gasteiger partial charge < -0.3 is 15.0 Å². The van der Waals surface area contributed by atoms with Crippen LogP contribution in [0.4, 0.5) is 5.69 Å². The van der Waals surface area contributed by atoms with Crippen molar-refractivity contribution in [2.75, 3.05) is 26.5 Å². The van der Waals surface area contributed by atoms with Gasteiger partial charge in [-0.1, -0.05) is 12.1 Å². The second kappa shape index (κ2) is 6.95. The van der Waals surface area contributed by atoms with Gasteiger partial charge in [0.2, 0.25) is 0 Å². The van der Waals surface area contributed by atoms with Gasteiger partial charge in [0.05, 0.1) is 18.4 Å². The zero-order valence-electron chi connectivity index (χ0n) is 11.5. The number of hydrogen-bond acceptors (Lipinski definition) is 5. The number of rotatable bonds is 4. The molecule has 0 atom stereocenters. The van der Waals surface area contributed by atoms with E-state index >= 15 is 0 Å². The minimum Gasteiger partial charge on any atom is -0.465 e. The summed E-state index contributed by atoms with van der Waals surface area (Å²) in [5, 5.41) is 11.7. The van der Waals surface area contributed by atoms with E-state index in [2.05, 4.69) is 10.1 Å². The molecule has 1 aromatic carbocycles. The van der Waals surface area contributed by atoms with Crippen LogP contribution in [0.2, 0.25) is 0 Å². The standard InChI is InChI=1S/C14H15N3O3/c1-17(2)13(18)10(8-15)9-16-12-7-5-4-6-11(12)14(19)20-3/h4-7,9,16H,1-3H3. The van der Waals surface area contributed by atoms with Crippen LogP contribution in [0.5, 0.6) is 0 Å². The molecule has 0 aliphatic heterocycles. The van der Waals surface area contributed by atoms with Crippen LogP contribution >= 0.6 is 0 Å². The summed E-state index contributed by atoms with van der Waals surface area (Å²) in [7, 11) is 4.39. The van der Waals surface area contributed by atoms with Crippen molar-refractivity contribution in [3.63, 3.8) is 0 Å². The van der Waals surface area contributed by atoms with Gasteiger partial charge in [-0.25, -0.2) is 4.79 Å². The number of carbonyl (C=O) groups excluding carboxylic acids is 2. The number of ether oxygens (including phenoxy) is 1. The van der Waals surface area contributed by atoms with E-state index < -0.39 is 11.9 Å². The topological polar surface area (TPSA) is 82.4 Å². The van der Waals surface area contributed by atoms with E-state index in [4.69, 9.17) is 5.26 Å². The lowest BCUT2D eigenvalue weighted by molar-refractivity contribution is -0.124. The lowest BCUT2D eigenvalue weighted by Gasteiger charge is -2.10. The molecule has 1 rings (SSSR count).